The molecule has 0 fully saturated rings. The van der Waals surface area contributed by atoms with Crippen molar-refractivity contribution in [2.75, 3.05) is 33.4 Å². The Morgan fingerprint density at radius 3 is 2.36 bits per heavy atom. The zero-order valence-electron chi connectivity index (χ0n) is 14.4. The number of hydrogen-bond acceptors (Lipinski definition) is 5. The van der Waals surface area contributed by atoms with Crippen LogP contribution in [0.4, 0.5) is 0 Å². The van der Waals surface area contributed by atoms with Gasteiger partial charge in [0.05, 0.1) is 13.7 Å². The molecule has 0 heterocycles. The van der Waals surface area contributed by atoms with E-state index in [-0.39, 0.29) is 6.61 Å². The van der Waals surface area contributed by atoms with E-state index in [4.69, 9.17) is 26.2 Å². The Bertz CT molecular complexity index is 635. The van der Waals surface area contributed by atoms with Crippen LogP contribution in [-0.2, 0) is 13.2 Å². The summed E-state index contributed by atoms with van der Waals surface area (Å²) in [5.74, 6) is 1.43. The molecule has 0 saturated carbocycles. The van der Waals surface area contributed by atoms with Crippen LogP contribution in [0.1, 0.15) is 11.1 Å². The van der Waals surface area contributed by atoms with Crippen LogP contribution in [0.5, 0.6) is 11.5 Å². The van der Waals surface area contributed by atoms with Gasteiger partial charge in [-0.05, 0) is 35.4 Å². The number of nitrogens with one attached hydrogen (secondary N) is 2. The van der Waals surface area contributed by atoms with E-state index in [1.807, 2.05) is 42.5 Å². The number of rotatable bonds is 11. The molecule has 0 spiro atoms. The highest BCUT2D eigenvalue weighted by Crippen LogP contribution is 2.29. The van der Waals surface area contributed by atoms with Crippen LogP contribution in [0.3, 0.4) is 0 Å². The maximum absolute atomic E-state index is 8.70. The van der Waals surface area contributed by atoms with Crippen molar-refractivity contribution in [1.29, 1.82) is 0 Å². The molecule has 2 aromatic rings. The van der Waals surface area contributed by atoms with Gasteiger partial charge in [-0.25, -0.2) is 0 Å². The molecule has 5 nitrogen and oxygen atoms in total. The Labute approximate surface area is 153 Å². The molecule has 0 aliphatic carbocycles. The van der Waals surface area contributed by atoms with Crippen molar-refractivity contribution >= 4 is 11.6 Å². The lowest BCUT2D eigenvalue weighted by atomic mass is 10.2. The summed E-state index contributed by atoms with van der Waals surface area (Å²) < 4.78 is 11.3. The molecule has 0 aliphatic heterocycles. The normalized spacial score (nSPS) is 10.7. The van der Waals surface area contributed by atoms with E-state index in [0.717, 1.165) is 30.8 Å². The van der Waals surface area contributed by atoms with Crippen LogP contribution < -0.4 is 20.1 Å². The first-order valence-corrected chi connectivity index (χ1v) is 8.67. The molecule has 0 radical (unpaired) electrons. The lowest BCUT2D eigenvalue weighted by molar-refractivity contribution is 0.284. The molecule has 0 amide bonds. The van der Waals surface area contributed by atoms with Crippen molar-refractivity contribution in [2.24, 2.45) is 0 Å². The van der Waals surface area contributed by atoms with Crippen LogP contribution in [0.15, 0.2) is 42.5 Å². The Morgan fingerprint density at radius 1 is 0.920 bits per heavy atom. The molecule has 0 unspecified atom stereocenters. The highest BCUT2D eigenvalue weighted by molar-refractivity contribution is 6.30. The number of ether oxygens (including phenoxy) is 2. The predicted octanol–water partition coefficient (Wildman–Crippen LogP) is 2.60. The Morgan fingerprint density at radius 2 is 1.64 bits per heavy atom. The smallest absolute Gasteiger partial charge is 0.161 e. The van der Waals surface area contributed by atoms with Crippen molar-refractivity contribution in [1.82, 2.24) is 10.6 Å². The summed E-state index contributed by atoms with van der Waals surface area (Å²) in [6.07, 6.45) is 0. The second-order valence-corrected chi connectivity index (χ2v) is 5.99. The van der Waals surface area contributed by atoms with Crippen LogP contribution in [0, 0.1) is 0 Å². The Balaban J connectivity index is 1.84. The third-order valence-electron chi connectivity index (χ3n) is 3.63. The summed E-state index contributed by atoms with van der Waals surface area (Å²) in [6, 6.07) is 13.5. The highest BCUT2D eigenvalue weighted by Gasteiger charge is 2.06. The SMILES string of the molecule is COc1cc(CNCCNCCO)ccc1OCc1ccc(Cl)cc1. The van der Waals surface area contributed by atoms with Crippen LogP contribution in [0.25, 0.3) is 0 Å². The summed E-state index contributed by atoms with van der Waals surface area (Å²) in [6.45, 7) is 3.64. The van der Waals surface area contributed by atoms with Gasteiger partial charge in [0.15, 0.2) is 11.5 Å². The summed E-state index contributed by atoms with van der Waals surface area (Å²) in [5.41, 5.74) is 2.17. The second-order valence-electron chi connectivity index (χ2n) is 5.55. The third kappa shape index (κ3) is 6.92. The number of aliphatic hydroxyl groups excluding tert-OH is 1. The monoisotopic (exact) mass is 364 g/mol. The van der Waals surface area contributed by atoms with E-state index >= 15 is 0 Å². The average molecular weight is 365 g/mol. The summed E-state index contributed by atoms with van der Waals surface area (Å²) in [4.78, 5) is 0. The minimum absolute atomic E-state index is 0.161. The van der Waals surface area contributed by atoms with Gasteiger partial charge in [-0.3, -0.25) is 0 Å². The van der Waals surface area contributed by atoms with Crippen molar-refractivity contribution in [2.45, 2.75) is 13.2 Å². The molecular formula is C19H25ClN2O3. The molecule has 136 valence electrons. The molecule has 25 heavy (non-hydrogen) atoms. The van der Waals surface area contributed by atoms with E-state index in [9.17, 15) is 0 Å². The molecule has 0 bridgehead atoms. The van der Waals surface area contributed by atoms with Gasteiger partial charge in [-0.1, -0.05) is 29.8 Å². The van der Waals surface area contributed by atoms with Crippen molar-refractivity contribution in [3.63, 3.8) is 0 Å². The minimum atomic E-state index is 0.161. The fourth-order valence-corrected chi connectivity index (χ4v) is 2.42. The van der Waals surface area contributed by atoms with Gasteiger partial charge in [0.1, 0.15) is 6.61 Å². The molecular weight excluding hydrogens is 340 g/mol. The summed E-state index contributed by atoms with van der Waals surface area (Å²) >= 11 is 5.89. The zero-order chi connectivity index (χ0) is 17.9. The molecule has 2 rings (SSSR count). The second kappa shape index (κ2) is 10.9. The highest BCUT2D eigenvalue weighted by atomic mass is 35.5. The number of aliphatic hydroxyl groups is 1. The van der Waals surface area contributed by atoms with Gasteiger partial charge in [0.2, 0.25) is 0 Å². The van der Waals surface area contributed by atoms with E-state index in [2.05, 4.69) is 10.6 Å². The molecule has 0 atom stereocenters. The minimum Gasteiger partial charge on any atom is -0.493 e. The van der Waals surface area contributed by atoms with Crippen LogP contribution in [-0.4, -0.2) is 38.5 Å². The van der Waals surface area contributed by atoms with Crippen molar-refractivity contribution in [3.8, 4) is 11.5 Å². The number of methoxy groups -OCH3 is 1. The van der Waals surface area contributed by atoms with Crippen molar-refractivity contribution < 1.29 is 14.6 Å². The molecule has 3 N–H and O–H groups in total. The molecule has 0 aromatic heterocycles. The van der Waals surface area contributed by atoms with Gasteiger partial charge in [0.25, 0.3) is 0 Å². The number of hydrogen-bond donors (Lipinski definition) is 3. The molecule has 0 aliphatic rings. The third-order valence-corrected chi connectivity index (χ3v) is 3.88. The van der Waals surface area contributed by atoms with Gasteiger partial charge in [0, 0.05) is 31.2 Å². The lowest BCUT2D eigenvalue weighted by Crippen LogP contribution is -2.28. The first-order chi connectivity index (χ1) is 12.2. The van der Waals surface area contributed by atoms with Gasteiger partial charge in [-0.2, -0.15) is 0 Å². The van der Waals surface area contributed by atoms with Crippen LogP contribution in [0.2, 0.25) is 5.02 Å². The van der Waals surface area contributed by atoms with Crippen molar-refractivity contribution in [3.05, 3.63) is 58.6 Å². The van der Waals surface area contributed by atoms with Gasteiger partial charge >= 0.3 is 0 Å². The quantitative estimate of drug-likeness (QED) is 0.535. The summed E-state index contributed by atoms with van der Waals surface area (Å²) in [5, 5.41) is 15.9. The first-order valence-electron chi connectivity index (χ1n) is 8.29. The van der Waals surface area contributed by atoms with E-state index in [1.165, 1.54) is 0 Å². The topological polar surface area (TPSA) is 62.8 Å². The number of halogens is 1. The fraction of sp³-hybridized carbons (Fsp3) is 0.368. The van der Waals surface area contributed by atoms with E-state index < -0.39 is 0 Å². The zero-order valence-corrected chi connectivity index (χ0v) is 15.2. The summed E-state index contributed by atoms with van der Waals surface area (Å²) in [7, 11) is 1.64. The average Bonchev–Trinajstić information content (AvgIpc) is 2.64. The largest absolute Gasteiger partial charge is 0.493 e. The number of benzene rings is 2. The maximum Gasteiger partial charge on any atom is 0.161 e. The molecule has 0 saturated heterocycles. The van der Waals surface area contributed by atoms with E-state index in [0.29, 0.717) is 29.7 Å². The standard InChI is InChI=1S/C19H25ClN2O3/c1-24-19-12-16(13-22-9-8-21-10-11-23)4-7-18(19)25-14-15-2-5-17(20)6-3-15/h2-7,12,21-23H,8-11,13-14H2,1H3. The molecule has 6 heteroatoms. The Kier molecular flexibility index (Phi) is 8.55. The molecule has 2 aromatic carbocycles. The lowest BCUT2D eigenvalue weighted by Gasteiger charge is -2.13. The maximum atomic E-state index is 8.70. The van der Waals surface area contributed by atoms with E-state index in [1.54, 1.807) is 7.11 Å². The predicted molar refractivity (Wildman–Crippen MR) is 100 cm³/mol. The van der Waals surface area contributed by atoms with Crippen LogP contribution >= 0.6 is 11.6 Å². The first kappa shape index (κ1) is 19.5. The van der Waals surface area contributed by atoms with Gasteiger partial charge in [-0.15, -0.1) is 0 Å². The fourth-order valence-electron chi connectivity index (χ4n) is 2.30. The van der Waals surface area contributed by atoms with Gasteiger partial charge < -0.3 is 25.2 Å². The Hall–Kier alpha value is -1.79.